The van der Waals surface area contributed by atoms with Gasteiger partial charge in [0.1, 0.15) is 0 Å². The van der Waals surface area contributed by atoms with E-state index in [0.29, 0.717) is 17.1 Å². The molecule has 0 aromatic heterocycles. The zero-order chi connectivity index (χ0) is 14.1. The number of nitrogens with zero attached hydrogens (tertiary/aromatic N) is 1. The lowest BCUT2D eigenvalue weighted by molar-refractivity contribution is -0.125. The number of amides is 1. The number of benzene rings is 1. The normalized spacial score (nSPS) is 11.2. The highest BCUT2D eigenvalue weighted by molar-refractivity contribution is 8.16. The molecule has 0 saturated heterocycles. The van der Waals surface area contributed by atoms with Gasteiger partial charge in [0, 0.05) is 13.6 Å². The van der Waals surface area contributed by atoms with Gasteiger partial charge in [0.25, 0.3) is 5.91 Å². The molecule has 0 aliphatic rings. The Morgan fingerprint density at radius 3 is 2.58 bits per heavy atom. The van der Waals surface area contributed by atoms with Crippen molar-refractivity contribution in [2.24, 2.45) is 0 Å². The van der Waals surface area contributed by atoms with Gasteiger partial charge in [0.15, 0.2) is 5.62 Å². The Morgan fingerprint density at radius 1 is 1.32 bits per heavy atom. The second kappa shape index (κ2) is 8.53. The fraction of sp³-hybridized carbons (Fsp3) is 0.333. The fourth-order valence-electron chi connectivity index (χ4n) is 1.58. The molecule has 0 unspecified atom stereocenters. The van der Waals surface area contributed by atoms with Gasteiger partial charge < -0.3 is 4.90 Å². The molecule has 0 saturated carbocycles. The molecule has 0 heterocycles. The Labute approximate surface area is 118 Å². The first-order valence-electron chi connectivity index (χ1n) is 6.31. The maximum atomic E-state index is 12.2. The predicted octanol–water partition coefficient (Wildman–Crippen LogP) is 3.21. The minimum absolute atomic E-state index is 0.102. The molecule has 4 heteroatoms. The summed E-state index contributed by atoms with van der Waals surface area (Å²) in [4.78, 5) is 25.0. The van der Waals surface area contributed by atoms with Crippen molar-refractivity contribution in [1.29, 1.82) is 0 Å². The highest BCUT2D eigenvalue weighted by Gasteiger charge is 2.14. The molecule has 0 atom stereocenters. The van der Waals surface area contributed by atoms with Crippen LogP contribution in [0.2, 0.25) is 0 Å². The summed E-state index contributed by atoms with van der Waals surface area (Å²) in [5.41, 5.74) is 1.62. The van der Waals surface area contributed by atoms with Gasteiger partial charge in [0.2, 0.25) is 0 Å². The summed E-state index contributed by atoms with van der Waals surface area (Å²) in [6.45, 7) is 2.79. The topological polar surface area (TPSA) is 37.4 Å². The molecule has 3 nitrogen and oxygen atoms in total. The maximum absolute atomic E-state index is 12.2. The predicted molar refractivity (Wildman–Crippen MR) is 81.3 cm³/mol. The summed E-state index contributed by atoms with van der Waals surface area (Å²) in [5, 5.41) is 0. The molecular weight excluding hydrogens is 258 g/mol. The van der Waals surface area contributed by atoms with Crippen LogP contribution in [-0.2, 0) is 9.59 Å². The summed E-state index contributed by atoms with van der Waals surface area (Å²) in [6, 6.07) is 9.54. The van der Waals surface area contributed by atoms with Crippen molar-refractivity contribution in [3.05, 3.63) is 40.8 Å². The molecule has 0 bridgehead atoms. The smallest absolute Gasteiger partial charge is 0.260 e. The lowest BCUT2D eigenvalue weighted by Crippen LogP contribution is -2.28. The van der Waals surface area contributed by atoms with E-state index in [1.54, 1.807) is 18.0 Å². The first-order chi connectivity index (χ1) is 9.19. The van der Waals surface area contributed by atoms with Crippen LogP contribution in [0.3, 0.4) is 0 Å². The largest absolute Gasteiger partial charge is 0.341 e. The third-order valence-electron chi connectivity index (χ3n) is 2.68. The van der Waals surface area contributed by atoms with E-state index in [0.717, 1.165) is 30.2 Å². The van der Waals surface area contributed by atoms with Crippen LogP contribution in [0, 0.1) is 0 Å². The Bertz CT molecular complexity index is 443. The molecule has 0 fully saturated rings. The summed E-state index contributed by atoms with van der Waals surface area (Å²) >= 11 is 0.930. The number of carbonyl (C=O) groups is 2. The van der Waals surface area contributed by atoms with Crippen molar-refractivity contribution in [1.82, 2.24) is 4.90 Å². The molecule has 1 rings (SSSR count). The van der Waals surface area contributed by atoms with Crippen LogP contribution >= 0.6 is 11.8 Å². The molecule has 0 aliphatic heterocycles. The molecule has 0 N–H and O–H groups in total. The molecule has 19 heavy (non-hydrogen) atoms. The highest BCUT2D eigenvalue weighted by Crippen LogP contribution is 2.19. The number of rotatable bonds is 7. The molecule has 102 valence electrons. The molecule has 1 amide bonds. The van der Waals surface area contributed by atoms with Gasteiger partial charge >= 0.3 is 0 Å². The summed E-state index contributed by atoms with van der Waals surface area (Å²) in [7, 11) is 1.77. The van der Waals surface area contributed by atoms with E-state index in [1.165, 1.54) is 0 Å². The number of hydrogen-bond donors (Lipinski definition) is 0. The van der Waals surface area contributed by atoms with Crippen LogP contribution < -0.4 is 0 Å². The van der Waals surface area contributed by atoms with E-state index in [9.17, 15) is 9.59 Å². The molecule has 0 spiro atoms. The summed E-state index contributed by atoms with van der Waals surface area (Å²) in [5.74, 6) is -0.102. The Hall–Kier alpha value is -1.55. The lowest BCUT2D eigenvalue weighted by Gasteiger charge is -2.17. The van der Waals surface area contributed by atoms with Crippen molar-refractivity contribution in [2.45, 2.75) is 19.8 Å². The van der Waals surface area contributed by atoms with E-state index >= 15 is 0 Å². The first kappa shape index (κ1) is 15.5. The van der Waals surface area contributed by atoms with Gasteiger partial charge in [-0.15, -0.1) is 0 Å². The molecule has 1 aromatic carbocycles. The average molecular weight is 277 g/mol. The minimum Gasteiger partial charge on any atom is -0.341 e. The van der Waals surface area contributed by atoms with Crippen molar-refractivity contribution in [3.8, 4) is 0 Å². The van der Waals surface area contributed by atoms with Gasteiger partial charge in [-0.2, -0.15) is 0 Å². The standard InChI is InChI=1S/C15H19NO2S/c1-3-4-10-16(2)15(18)14(19-12-17)11-13-8-6-5-7-9-13/h5-9,11-12H,3-4,10H2,1-2H3/b14-11-. The maximum Gasteiger partial charge on any atom is 0.260 e. The van der Waals surface area contributed by atoms with Gasteiger partial charge in [-0.3, -0.25) is 9.59 Å². The van der Waals surface area contributed by atoms with Crippen molar-refractivity contribution in [2.75, 3.05) is 13.6 Å². The van der Waals surface area contributed by atoms with E-state index in [2.05, 4.69) is 6.92 Å². The van der Waals surface area contributed by atoms with Crippen LogP contribution in [0.4, 0.5) is 0 Å². The number of likely N-dealkylation sites (N-methyl/N-ethyl adjacent to an activating group) is 1. The molecular formula is C15H19NO2S. The van der Waals surface area contributed by atoms with Crippen LogP contribution in [0.5, 0.6) is 0 Å². The third kappa shape index (κ3) is 5.30. The number of carbonyl (C=O) groups excluding carboxylic acids is 2. The van der Waals surface area contributed by atoms with Crippen LogP contribution in [-0.4, -0.2) is 30.0 Å². The van der Waals surface area contributed by atoms with Crippen LogP contribution in [0.15, 0.2) is 35.2 Å². The molecule has 1 aromatic rings. The third-order valence-corrected chi connectivity index (χ3v) is 3.32. The Morgan fingerprint density at radius 2 is 2.00 bits per heavy atom. The molecule has 0 radical (unpaired) electrons. The summed E-state index contributed by atoms with van der Waals surface area (Å²) < 4.78 is 0. The fourth-order valence-corrected chi connectivity index (χ4v) is 2.15. The first-order valence-corrected chi connectivity index (χ1v) is 7.19. The number of hydrogen-bond acceptors (Lipinski definition) is 3. The second-order valence-corrected chi connectivity index (χ2v) is 5.08. The van der Waals surface area contributed by atoms with Gasteiger partial charge in [-0.25, -0.2) is 0 Å². The zero-order valence-corrected chi connectivity index (χ0v) is 12.2. The van der Waals surface area contributed by atoms with Crippen molar-refractivity contribution in [3.63, 3.8) is 0 Å². The van der Waals surface area contributed by atoms with Crippen LogP contribution in [0.25, 0.3) is 6.08 Å². The Balaban J connectivity index is 2.85. The molecule has 0 aliphatic carbocycles. The number of thioether (sulfide) groups is 1. The van der Waals surface area contributed by atoms with Crippen LogP contribution in [0.1, 0.15) is 25.3 Å². The van der Waals surface area contributed by atoms with E-state index in [1.807, 2.05) is 30.3 Å². The Kier molecular flexibility index (Phi) is 6.97. The SMILES string of the molecule is CCCCN(C)C(=O)/C(=C/c1ccccc1)SC=O. The van der Waals surface area contributed by atoms with Crippen molar-refractivity contribution < 1.29 is 9.59 Å². The van der Waals surface area contributed by atoms with E-state index < -0.39 is 0 Å². The minimum atomic E-state index is -0.102. The van der Waals surface area contributed by atoms with Gasteiger partial charge in [-0.05, 0) is 29.8 Å². The van der Waals surface area contributed by atoms with Gasteiger partial charge in [-0.1, -0.05) is 43.7 Å². The second-order valence-electron chi connectivity index (χ2n) is 4.21. The monoisotopic (exact) mass is 277 g/mol. The summed E-state index contributed by atoms with van der Waals surface area (Å²) in [6.07, 6.45) is 3.76. The van der Waals surface area contributed by atoms with Crippen molar-refractivity contribution >= 4 is 29.4 Å². The van der Waals surface area contributed by atoms with Gasteiger partial charge in [0.05, 0.1) is 4.91 Å². The zero-order valence-electron chi connectivity index (χ0n) is 11.3. The quantitative estimate of drug-likeness (QED) is 0.567. The number of unbranched alkanes of at least 4 members (excludes halogenated alkanes) is 1. The average Bonchev–Trinajstić information content (AvgIpc) is 2.44. The lowest BCUT2D eigenvalue weighted by atomic mass is 10.2. The van der Waals surface area contributed by atoms with E-state index in [4.69, 9.17) is 0 Å². The highest BCUT2D eigenvalue weighted by atomic mass is 32.2. The van der Waals surface area contributed by atoms with E-state index in [-0.39, 0.29) is 5.91 Å².